The van der Waals surface area contributed by atoms with Crippen LogP contribution < -0.4 is 4.74 Å². The second-order valence-electron chi connectivity index (χ2n) is 4.22. The number of halogens is 1. The highest BCUT2D eigenvalue weighted by Gasteiger charge is 2.09. The van der Waals surface area contributed by atoms with Gasteiger partial charge in [-0.15, -0.1) is 0 Å². The summed E-state index contributed by atoms with van der Waals surface area (Å²) in [6, 6.07) is 9.51. The molecule has 3 rings (SSSR count). The highest BCUT2D eigenvalue weighted by atomic mass is 35.5. The van der Waals surface area contributed by atoms with Gasteiger partial charge in [0, 0.05) is 24.8 Å². The summed E-state index contributed by atoms with van der Waals surface area (Å²) in [5, 5.41) is 1.51. The van der Waals surface area contributed by atoms with E-state index in [1.165, 1.54) is 0 Å². The van der Waals surface area contributed by atoms with E-state index >= 15 is 0 Å². The third-order valence-corrected chi connectivity index (χ3v) is 3.12. The fourth-order valence-electron chi connectivity index (χ4n) is 1.87. The molecule has 0 N–H and O–H groups in total. The van der Waals surface area contributed by atoms with E-state index in [2.05, 4.69) is 9.97 Å². The zero-order valence-corrected chi connectivity index (χ0v) is 11.1. The third-order valence-electron chi connectivity index (χ3n) is 2.85. The fraction of sp³-hybridized carbons (Fsp3) is 0.143. The molecule has 3 heterocycles. The largest absolute Gasteiger partial charge is 0.470 e. The molecule has 0 spiro atoms. The normalized spacial score (nSPS) is 10.8. The van der Waals surface area contributed by atoms with E-state index in [0.29, 0.717) is 17.5 Å². The Balaban J connectivity index is 1.88. The molecule has 0 aliphatic carbocycles. The summed E-state index contributed by atoms with van der Waals surface area (Å²) in [6.45, 7) is 0.351. The van der Waals surface area contributed by atoms with Crippen molar-refractivity contribution in [2.24, 2.45) is 7.05 Å². The Labute approximate surface area is 115 Å². The Kier molecular flexibility index (Phi) is 3.09. The third kappa shape index (κ3) is 2.39. The first-order valence-corrected chi connectivity index (χ1v) is 6.26. The summed E-state index contributed by atoms with van der Waals surface area (Å²) in [4.78, 5) is 8.62. The highest BCUT2D eigenvalue weighted by molar-refractivity contribution is 6.32. The van der Waals surface area contributed by atoms with E-state index in [4.69, 9.17) is 16.3 Å². The quantitative estimate of drug-likeness (QED) is 0.736. The second kappa shape index (κ2) is 4.90. The molecule has 0 fully saturated rings. The number of rotatable bonds is 3. The van der Waals surface area contributed by atoms with E-state index < -0.39 is 0 Å². The summed E-state index contributed by atoms with van der Waals surface area (Å²) in [6.07, 6.45) is 3.67. The van der Waals surface area contributed by atoms with Crippen molar-refractivity contribution in [1.29, 1.82) is 0 Å². The number of aromatic nitrogens is 3. The lowest BCUT2D eigenvalue weighted by atomic mass is 10.3. The van der Waals surface area contributed by atoms with Crippen LogP contribution in [0.2, 0.25) is 5.02 Å². The van der Waals surface area contributed by atoms with Crippen LogP contribution in [0.4, 0.5) is 0 Å². The van der Waals surface area contributed by atoms with Crippen molar-refractivity contribution in [2.45, 2.75) is 6.61 Å². The minimum Gasteiger partial charge on any atom is -0.470 e. The van der Waals surface area contributed by atoms with E-state index in [9.17, 15) is 0 Å². The fourth-order valence-corrected chi connectivity index (χ4v) is 2.09. The van der Waals surface area contributed by atoms with Gasteiger partial charge in [0.1, 0.15) is 17.3 Å². The molecule has 3 aromatic rings. The Morgan fingerprint density at radius 3 is 3.00 bits per heavy atom. The van der Waals surface area contributed by atoms with Crippen LogP contribution >= 0.6 is 11.6 Å². The van der Waals surface area contributed by atoms with Gasteiger partial charge in [-0.1, -0.05) is 17.7 Å². The summed E-state index contributed by atoms with van der Waals surface area (Å²) >= 11 is 6.16. The van der Waals surface area contributed by atoms with Gasteiger partial charge in [-0.3, -0.25) is 4.98 Å². The Morgan fingerprint density at radius 1 is 1.32 bits per heavy atom. The molecule has 0 saturated heterocycles. The van der Waals surface area contributed by atoms with E-state index in [1.807, 2.05) is 48.1 Å². The van der Waals surface area contributed by atoms with Gasteiger partial charge in [0.2, 0.25) is 5.88 Å². The first kappa shape index (κ1) is 12.0. The molecule has 96 valence electrons. The van der Waals surface area contributed by atoms with Gasteiger partial charge < -0.3 is 9.30 Å². The highest BCUT2D eigenvalue weighted by Crippen LogP contribution is 2.27. The smallest absolute Gasteiger partial charge is 0.235 e. The molecule has 3 aromatic heterocycles. The van der Waals surface area contributed by atoms with Crippen molar-refractivity contribution in [3.05, 3.63) is 53.4 Å². The Morgan fingerprint density at radius 2 is 2.21 bits per heavy atom. The maximum atomic E-state index is 6.16. The number of hydrogen-bond acceptors (Lipinski definition) is 3. The maximum Gasteiger partial charge on any atom is 0.235 e. The summed E-state index contributed by atoms with van der Waals surface area (Å²) < 4.78 is 7.57. The molecule has 0 aromatic carbocycles. The molecular weight excluding hydrogens is 262 g/mol. The monoisotopic (exact) mass is 273 g/mol. The standard InChI is InChI=1S/C14H12ClN3O/c1-18-7-5-10-8-12(15)14(17-13(10)18)19-9-11-4-2-3-6-16-11/h2-8H,9H2,1H3. The van der Waals surface area contributed by atoms with Crippen molar-refractivity contribution >= 4 is 22.6 Å². The number of nitrogens with zero attached hydrogens (tertiary/aromatic N) is 3. The molecule has 0 aliphatic heterocycles. The topological polar surface area (TPSA) is 39.9 Å². The molecule has 4 nitrogen and oxygen atoms in total. The molecule has 0 unspecified atom stereocenters. The lowest BCUT2D eigenvalue weighted by Gasteiger charge is -2.07. The van der Waals surface area contributed by atoms with Crippen LogP contribution in [0.25, 0.3) is 11.0 Å². The SMILES string of the molecule is Cn1ccc2cc(Cl)c(OCc3ccccn3)nc21. The van der Waals surface area contributed by atoms with Crippen molar-refractivity contribution < 1.29 is 4.74 Å². The van der Waals surface area contributed by atoms with Gasteiger partial charge in [-0.25, -0.2) is 0 Å². The predicted molar refractivity (Wildman–Crippen MR) is 74.3 cm³/mol. The van der Waals surface area contributed by atoms with Crippen LogP contribution in [-0.2, 0) is 13.7 Å². The van der Waals surface area contributed by atoms with E-state index in [0.717, 1.165) is 16.7 Å². The number of pyridine rings is 2. The molecule has 0 bridgehead atoms. The van der Waals surface area contributed by atoms with E-state index in [1.54, 1.807) is 6.20 Å². The molecule has 0 amide bonds. The second-order valence-corrected chi connectivity index (χ2v) is 4.63. The van der Waals surface area contributed by atoms with Crippen molar-refractivity contribution in [2.75, 3.05) is 0 Å². The number of fused-ring (bicyclic) bond motifs is 1. The van der Waals surface area contributed by atoms with Gasteiger partial charge in [0.25, 0.3) is 0 Å². The lowest BCUT2D eigenvalue weighted by molar-refractivity contribution is 0.290. The molecule has 5 heteroatoms. The van der Waals surface area contributed by atoms with Crippen molar-refractivity contribution in [1.82, 2.24) is 14.5 Å². The van der Waals surface area contributed by atoms with Gasteiger partial charge in [-0.2, -0.15) is 4.98 Å². The molecule has 0 atom stereocenters. The van der Waals surface area contributed by atoms with Crippen LogP contribution in [0.1, 0.15) is 5.69 Å². The average Bonchev–Trinajstić information content (AvgIpc) is 2.78. The summed E-state index contributed by atoms with van der Waals surface area (Å²) in [5.41, 5.74) is 1.69. The average molecular weight is 274 g/mol. The van der Waals surface area contributed by atoms with Crippen LogP contribution in [0.5, 0.6) is 5.88 Å². The zero-order chi connectivity index (χ0) is 13.2. The van der Waals surface area contributed by atoms with Crippen LogP contribution in [0, 0.1) is 0 Å². The van der Waals surface area contributed by atoms with Crippen LogP contribution in [-0.4, -0.2) is 14.5 Å². The van der Waals surface area contributed by atoms with Crippen molar-refractivity contribution in [3.63, 3.8) is 0 Å². The van der Waals surface area contributed by atoms with Crippen LogP contribution in [0.3, 0.4) is 0 Å². The first-order valence-electron chi connectivity index (χ1n) is 5.88. The molecule has 19 heavy (non-hydrogen) atoms. The van der Waals surface area contributed by atoms with E-state index in [-0.39, 0.29) is 0 Å². The summed E-state index contributed by atoms with van der Waals surface area (Å²) in [7, 11) is 1.94. The maximum absolute atomic E-state index is 6.16. The lowest BCUT2D eigenvalue weighted by Crippen LogP contribution is -2.00. The molecule has 0 aliphatic rings. The van der Waals surface area contributed by atoms with Gasteiger partial charge in [-0.05, 0) is 24.3 Å². The Hall–Kier alpha value is -2.07. The molecule has 0 saturated carbocycles. The summed E-state index contributed by atoms with van der Waals surface area (Å²) in [5.74, 6) is 0.432. The number of ether oxygens (including phenoxy) is 1. The Bertz CT molecular complexity index is 709. The van der Waals surface area contributed by atoms with Crippen LogP contribution in [0.15, 0.2) is 42.7 Å². The molecular formula is C14H12ClN3O. The predicted octanol–water partition coefficient (Wildman–Crippen LogP) is 3.20. The van der Waals surface area contributed by atoms with Gasteiger partial charge in [0.05, 0.1) is 5.69 Å². The number of aryl methyl sites for hydroxylation is 1. The van der Waals surface area contributed by atoms with Gasteiger partial charge in [0.15, 0.2) is 0 Å². The zero-order valence-electron chi connectivity index (χ0n) is 10.4. The minimum atomic E-state index is 0.351. The van der Waals surface area contributed by atoms with Gasteiger partial charge >= 0.3 is 0 Å². The first-order chi connectivity index (χ1) is 9.24. The minimum absolute atomic E-state index is 0.351. The number of hydrogen-bond donors (Lipinski definition) is 0. The van der Waals surface area contributed by atoms with Crippen molar-refractivity contribution in [3.8, 4) is 5.88 Å². The molecule has 0 radical (unpaired) electrons.